The third-order valence-electron chi connectivity index (χ3n) is 1.77. The van der Waals surface area contributed by atoms with E-state index in [4.69, 9.17) is 14.6 Å². The molecule has 4 heteroatoms. The molecule has 0 unspecified atom stereocenters. The molecule has 15 heavy (non-hydrogen) atoms. The lowest BCUT2D eigenvalue weighted by Crippen LogP contribution is -1.98. The third kappa shape index (κ3) is 3.34. The zero-order valence-corrected chi connectivity index (χ0v) is 8.56. The van der Waals surface area contributed by atoms with Gasteiger partial charge in [0.05, 0.1) is 12.7 Å². The lowest BCUT2D eigenvalue weighted by Gasteiger charge is -2.02. The van der Waals surface area contributed by atoms with Crippen LogP contribution in [0.4, 0.5) is 0 Å². The van der Waals surface area contributed by atoms with Gasteiger partial charge >= 0.3 is 5.97 Å². The Balaban J connectivity index is 2.66. The molecule has 0 atom stereocenters. The lowest BCUT2D eigenvalue weighted by atomic mass is 10.3. The second-order valence-electron chi connectivity index (χ2n) is 2.90. The van der Waals surface area contributed by atoms with E-state index in [2.05, 4.69) is 0 Å². The van der Waals surface area contributed by atoms with Gasteiger partial charge in [0.25, 0.3) is 0 Å². The van der Waals surface area contributed by atoms with Gasteiger partial charge in [0.2, 0.25) is 0 Å². The summed E-state index contributed by atoms with van der Waals surface area (Å²) in [5, 5.41) is 8.57. The van der Waals surface area contributed by atoms with Gasteiger partial charge in [0.15, 0.2) is 0 Å². The number of carboxylic acids is 1. The number of hydrogen-bond acceptors (Lipinski definition) is 3. The van der Waals surface area contributed by atoms with Crippen molar-refractivity contribution in [2.24, 2.45) is 0 Å². The molecule has 1 aromatic rings. The molecule has 0 saturated carbocycles. The summed E-state index contributed by atoms with van der Waals surface area (Å²) >= 11 is 0. The largest absolute Gasteiger partial charge is 0.497 e. The van der Waals surface area contributed by atoms with Gasteiger partial charge in [0, 0.05) is 0 Å². The molecule has 0 amide bonds. The van der Waals surface area contributed by atoms with Crippen molar-refractivity contribution in [3.05, 3.63) is 36.1 Å². The average molecular weight is 208 g/mol. The zero-order chi connectivity index (χ0) is 11.3. The molecule has 0 aliphatic carbocycles. The van der Waals surface area contributed by atoms with Crippen molar-refractivity contribution in [2.75, 3.05) is 7.11 Å². The number of benzene rings is 1. The second-order valence-corrected chi connectivity index (χ2v) is 2.90. The summed E-state index contributed by atoms with van der Waals surface area (Å²) in [6.07, 6.45) is 1.20. The molecule has 1 rings (SSSR count). The Morgan fingerprint density at radius 3 is 2.27 bits per heavy atom. The van der Waals surface area contributed by atoms with Crippen molar-refractivity contribution in [2.45, 2.75) is 6.92 Å². The van der Waals surface area contributed by atoms with E-state index in [-0.39, 0.29) is 5.57 Å². The first-order chi connectivity index (χ1) is 7.13. The minimum atomic E-state index is -0.997. The molecule has 0 aliphatic rings. The Morgan fingerprint density at radius 2 is 1.80 bits per heavy atom. The molecular formula is C11H12O4. The van der Waals surface area contributed by atoms with Gasteiger partial charge in [-0.25, -0.2) is 4.79 Å². The lowest BCUT2D eigenvalue weighted by molar-refractivity contribution is -0.132. The molecule has 1 N–H and O–H groups in total. The van der Waals surface area contributed by atoms with E-state index in [1.54, 1.807) is 31.4 Å². The van der Waals surface area contributed by atoms with E-state index in [1.807, 2.05) is 0 Å². The first-order valence-electron chi connectivity index (χ1n) is 4.34. The molecule has 1 aromatic carbocycles. The van der Waals surface area contributed by atoms with Gasteiger partial charge in [-0.15, -0.1) is 0 Å². The first-order valence-corrected chi connectivity index (χ1v) is 4.34. The number of methoxy groups -OCH3 is 1. The molecule has 0 radical (unpaired) electrons. The average Bonchev–Trinajstić information content (AvgIpc) is 2.26. The number of ether oxygens (including phenoxy) is 2. The fourth-order valence-electron chi connectivity index (χ4n) is 0.861. The number of carbonyl (C=O) groups is 1. The maximum absolute atomic E-state index is 10.5. The molecule has 80 valence electrons. The van der Waals surface area contributed by atoms with Crippen molar-refractivity contribution >= 4 is 5.97 Å². The number of aliphatic carboxylic acids is 1. The minimum Gasteiger partial charge on any atom is -0.497 e. The fraction of sp³-hybridized carbons (Fsp3) is 0.182. The van der Waals surface area contributed by atoms with Crippen LogP contribution in [0.1, 0.15) is 6.92 Å². The first kappa shape index (κ1) is 11.1. The van der Waals surface area contributed by atoms with Crippen molar-refractivity contribution in [3.63, 3.8) is 0 Å². The summed E-state index contributed by atoms with van der Waals surface area (Å²) in [5.41, 5.74) is 0.144. The summed E-state index contributed by atoms with van der Waals surface area (Å²) < 4.78 is 10.1. The van der Waals surface area contributed by atoms with Crippen LogP contribution in [0.2, 0.25) is 0 Å². The van der Waals surface area contributed by atoms with E-state index in [0.29, 0.717) is 5.75 Å². The predicted octanol–water partition coefficient (Wildman–Crippen LogP) is 2.06. The molecule has 4 nitrogen and oxygen atoms in total. The molecule has 0 aromatic heterocycles. The van der Waals surface area contributed by atoms with Crippen molar-refractivity contribution in [3.8, 4) is 11.5 Å². The van der Waals surface area contributed by atoms with Gasteiger partial charge < -0.3 is 14.6 Å². The topological polar surface area (TPSA) is 55.8 Å². The van der Waals surface area contributed by atoms with Crippen LogP contribution in [-0.4, -0.2) is 18.2 Å². The minimum absolute atomic E-state index is 0.144. The summed E-state index contributed by atoms with van der Waals surface area (Å²) in [6, 6.07) is 6.87. The Hall–Kier alpha value is -1.97. The Bertz CT molecular complexity index is 365. The maximum Gasteiger partial charge on any atom is 0.334 e. The Morgan fingerprint density at radius 1 is 1.27 bits per heavy atom. The highest BCUT2D eigenvalue weighted by Crippen LogP contribution is 2.17. The highest BCUT2D eigenvalue weighted by atomic mass is 16.5. The van der Waals surface area contributed by atoms with Crippen LogP contribution in [0, 0.1) is 0 Å². The van der Waals surface area contributed by atoms with E-state index in [1.165, 1.54) is 13.2 Å². The van der Waals surface area contributed by atoms with Gasteiger partial charge in [-0.05, 0) is 31.2 Å². The molecule has 0 aliphatic heterocycles. The van der Waals surface area contributed by atoms with Crippen LogP contribution in [0.25, 0.3) is 0 Å². The molecule has 0 bridgehead atoms. The predicted molar refractivity (Wildman–Crippen MR) is 55.0 cm³/mol. The standard InChI is InChI=1S/C11H12O4/c1-8(11(12)13)7-15-10-5-3-9(14-2)4-6-10/h3-7H,1-2H3,(H,12,13). The highest BCUT2D eigenvalue weighted by molar-refractivity contribution is 5.85. The highest BCUT2D eigenvalue weighted by Gasteiger charge is 2.00. The third-order valence-corrected chi connectivity index (χ3v) is 1.77. The normalized spacial score (nSPS) is 10.9. The Labute approximate surface area is 87.7 Å². The maximum atomic E-state index is 10.5. The van der Waals surface area contributed by atoms with Crippen LogP contribution < -0.4 is 9.47 Å². The summed E-state index contributed by atoms with van der Waals surface area (Å²) in [4.78, 5) is 10.5. The van der Waals surface area contributed by atoms with Crippen molar-refractivity contribution < 1.29 is 19.4 Å². The van der Waals surface area contributed by atoms with Crippen molar-refractivity contribution in [1.29, 1.82) is 0 Å². The van der Waals surface area contributed by atoms with E-state index in [0.717, 1.165) is 5.75 Å². The number of carboxylic acid groups (broad SMARTS) is 1. The van der Waals surface area contributed by atoms with Crippen molar-refractivity contribution in [1.82, 2.24) is 0 Å². The van der Waals surface area contributed by atoms with E-state index < -0.39 is 5.97 Å². The Kier molecular flexibility index (Phi) is 3.74. The van der Waals surface area contributed by atoms with E-state index >= 15 is 0 Å². The number of hydrogen-bond donors (Lipinski definition) is 1. The molecule has 0 fully saturated rings. The summed E-state index contributed by atoms with van der Waals surface area (Å²) in [7, 11) is 1.57. The second kappa shape index (κ2) is 5.05. The van der Waals surface area contributed by atoms with Crippen LogP contribution >= 0.6 is 0 Å². The van der Waals surface area contributed by atoms with Crippen LogP contribution in [-0.2, 0) is 4.79 Å². The van der Waals surface area contributed by atoms with Crippen LogP contribution in [0.5, 0.6) is 11.5 Å². The van der Waals surface area contributed by atoms with Gasteiger partial charge in [0.1, 0.15) is 17.8 Å². The van der Waals surface area contributed by atoms with Gasteiger partial charge in [-0.2, -0.15) is 0 Å². The smallest absolute Gasteiger partial charge is 0.334 e. The van der Waals surface area contributed by atoms with Crippen LogP contribution in [0.3, 0.4) is 0 Å². The van der Waals surface area contributed by atoms with Gasteiger partial charge in [-0.3, -0.25) is 0 Å². The molecule has 0 heterocycles. The SMILES string of the molecule is COc1ccc(OC=C(C)C(=O)O)cc1. The zero-order valence-electron chi connectivity index (χ0n) is 8.56. The van der Waals surface area contributed by atoms with E-state index in [9.17, 15) is 4.79 Å². The monoisotopic (exact) mass is 208 g/mol. The number of rotatable bonds is 4. The molecule has 0 saturated heterocycles. The molecule has 0 spiro atoms. The molecular weight excluding hydrogens is 196 g/mol. The van der Waals surface area contributed by atoms with Gasteiger partial charge in [-0.1, -0.05) is 0 Å². The summed E-state index contributed by atoms with van der Waals surface area (Å²) in [6.45, 7) is 1.46. The fourth-order valence-corrected chi connectivity index (χ4v) is 0.861. The summed E-state index contributed by atoms with van der Waals surface area (Å²) in [5.74, 6) is 0.293. The quantitative estimate of drug-likeness (QED) is 0.607. The van der Waals surface area contributed by atoms with Crippen LogP contribution in [0.15, 0.2) is 36.1 Å².